The van der Waals surface area contributed by atoms with Gasteiger partial charge >= 0.3 is 0 Å². The molecule has 1 unspecified atom stereocenters. The Labute approximate surface area is 61.7 Å². The number of ether oxygens (including phenoxy) is 1. The van der Waals surface area contributed by atoms with Crippen LogP contribution in [0.1, 0.15) is 20.8 Å². The molecule has 0 aliphatic heterocycles. The lowest BCUT2D eigenvalue weighted by atomic mass is 10.5. The average Bonchev–Trinajstić information content (AvgIpc) is 1.86. The molecule has 60 valence electrons. The Morgan fingerprint density at radius 1 is 1.60 bits per heavy atom. The minimum absolute atomic E-state index is 0.0426. The van der Waals surface area contributed by atoms with Crippen molar-refractivity contribution in [2.24, 2.45) is 4.99 Å². The first-order chi connectivity index (χ1) is 4.70. The average molecular weight is 145 g/mol. The third-order valence-corrected chi connectivity index (χ3v) is 0.917. The van der Waals surface area contributed by atoms with Crippen molar-refractivity contribution in [1.82, 2.24) is 0 Å². The van der Waals surface area contributed by atoms with Crippen LogP contribution in [-0.2, 0) is 4.74 Å². The minimum atomic E-state index is -0.366. The van der Waals surface area contributed by atoms with Gasteiger partial charge in [-0.25, -0.2) is 0 Å². The van der Waals surface area contributed by atoms with E-state index in [2.05, 4.69) is 4.99 Å². The van der Waals surface area contributed by atoms with Crippen molar-refractivity contribution in [3.63, 3.8) is 0 Å². The smallest absolute Gasteiger partial charge is 0.170 e. The first kappa shape index (κ1) is 9.59. The molecule has 0 bridgehead atoms. The molecular formula is C7H15NO2. The summed E-state index contributed by atoms with van der Waals surface area (Å²) in [6, 6.07) is 0. The Bertz CT molecular complexity index is 108. The second kappa shape index (κ2) is 5.38. The number of aliphatic hydroxyl groups is 1. The molecular weight excluding hydrogens is 130 g/mol. The van der Waals surface area contributed by atoms with Crippen LogP contribution in [0, 0.1) is 0 Å². The molecule has 0 saturated carbocycles. The van der Waals surface area contributed by atoms with E-state index in [0.717, 1.165) is 5.71 Å². The maximum atomic E-state index is 8.67. The summed E-state index contributed by atoms with van der Waals surface area (Å²) in [5.74, 6) is 0. The van der Waals surface area contributed by atoms with Gasteiger partial charge in [0.15, 0.2) is 6.23 Å². The van der Waals surface area contributed by atoms with Gasteiger partial charge in [0.1, 0.15) is 0 Å². The van der Waals surface area contributed by atoms with Crippen LogP contribution in [0.5, 0.6) is 0 Å². The Morgan fingerprint density at radius 3 is 2.50 bits per heavy atom. The second-order valence-electron chi connectivity index (χ2n) is 2.17. The topological polar surface area (TPSA) is 41.8 Å². The van der Waals surface area contributed by atoms with Crippen LogP contribution in [-0.4, -0.2) is 30.3 Å². The molecule has 0 aromatic carbocycles. The molecule has 0 amide bonds. The lowest BCUT2D eigenvalue weighted by Gasteiger charge is -2.08. The highest BCUT2D eigenvalue weighted by Crippen LogP contribution is 1.93. The number of rotatable bonds is 4. The minimum Gasteiger partial charge on any atom is -0.392 e. The summed E-state index contributed by atoms with van der Waals surface area (Å²) in [7, 11) is 0. The third-order valence-electron chi connectivity index (χ3n) is 0.917. The zero-order valence-electron chi connectivity index (χ0n) is 6.79. The van der Waals surface area contributed by atoms with Crippen molar-refractivity contribution in [2.45, 2.75) is 27.0 Å². The van der Waals surface area contributed by atoms with Crippen molar-refractivity contribution in [3.8, 4) is 0 Å². The molecule has 0 aliphatic carbocycles. The zero-order chi connectivity index (χ0) is 7.98. The maximum Gasteiger partial charge on any atom is 0.170 e. The zero-order valence-corrected chi connectivity index (χ0v) is 6.79. The van der Waals surface area contributed by atoms with E-state index in [0.29, 0.717) is 6.61 Å². The Hall–Kier alpha value is -0.410. The monoisotopic (exact) mass is 145 g/mol. The molecule has 0 aromatic heterocycles. The van der Waals surface area contributed by atoms with Gasteiger partial charge in [-0.1, -0.05) is 0 Å². The lowest BCUT2D eigenvalue weighted by Crippen LogP contribution is -2.15. The second-order valence-corrected chi connectivity index (χ2v) is 2.17. The Balaban J connectivity index is 3.71. The molecule has 0 heterocycles. The van der Waals surface area contributed by atoms with E-state index < -0.39 is 0 Å². The molecule has 0 rings (SSSR count). The summed E-state index contributed by atoms with van der Waals surface area (Å²) in [6.07, 6.45) is -0.366. The van der Waals surface area contributed by atoms with E-state index in [1.54, 1.807) is 0 Å². The van der Waals surface area contributed by atoms with Crippen molar-refractivity contribution in [3.05, 3.63) is 0 Å². The highest BCUT2D eigenvalue weighted by atomic mass is 16.5. The van der Waals surface area contributed by atoms with Crippen LogP contribution in [0.25, 0.3) is 0 Å². The molecule has 1 atom stereocenters. The summed E-state index contributed by atoms with van der Waals surface area (Å²) in [5, 5.41) is 8.67. The molecule has 0 aromatic rings. The van der Waals surface area contributed by atoms with Crippen LogP contribution < -0.4 is 0 Å². The highest BCUT2D eigenvalue weighted by molar-refractivity contribution is 5.79. The van der Waals surface area contributed by atoms with E-state index in [-0.39, 0.29) is 12.8 Å². The van der Waals surface area contributed by atoms with Crippen molar-refractivity contribution in [2.75, 3.05) is 13.2 Å². The fourth-order valence-corrected chi connectivity index (χ4v) is 0.611. The fraction of sp³-hybridized carbons (Fsp3) is 0.857. The van der Waals surface area contributed by atoms with Crippen LogP contribution >= 0.6 is 0 Å². The van der Waals surface area contributed by atoms with Gasteiger partial charge < -0.3 is 9.84 Å². The molecule has 0 aliphatic rings. The first-order valence-electron chi connectivity index (χ1n) is 3.44. The number of hydrogen-bond acceptors (Lipinski definition) is 3. The van der Waals surface area contributed by atoms with E-state index in [4.69, 9.17) is 9.84 Å². The van der Waals surface area contributed by atoms with Crippen LogP contribution in [0.3, 0.4) is 0 Å². The quantitative estimate of drug-likeness (QED) is 0.595. The van der Waals surface area contributed by atoms with E-state index >= 15 is 0 Å². The molecule has 0 saturated heterocycles. The van der Waals surface area contributed by atoms with Crippen LogP contribution in [0.15, 0.2) is 4.99 Å². The third kappa shape index (κ3) is 4.47. The van der Waals surface area contributed by atoms with Crippen molar-refractivity contribution >= 4 is 5.71 Å². The number of nitrogens with zero attached hydrogens (tertiary/aromatic N) is 1. The van der Waals surface area contributed by atoms with Gasteiger partial charge in [-0.05, 0) is 20.8 Å². The highest BCUT2D eigenvalue weighted by Gasteiger charge is 2.01. The number of hydrogen-bond donors (Lipinski definition) is 1. The van der Waals surface area contributed by atoms with Crippen molar-refractivity contribution < 1.29 is 9.84 Å². The summed E-state index contributed by atoms with van der Waals surface area (Å²) in [4.78, 5) is 4.03. The van der Waals surface area contributed by atoms with Gasteiger partial charge in [-0.3, -0.25) is 4.99 Å². The maximum absolute atomic E-state index is 8.67. The van der Waals surface area contributed by atoms with E-state index in [1.807, 2.05) is 20.8 Å². The van der Waals surface area contributed by atoms with Crippen molar-refractivity contribution in [1.29, 1.82) is 0 Å². The van der Waals surface area contributed by atoms with E-state index in [9.17, 15) is 0 Å². The summed E-state index contributed by atoms with van der Waals surface area (Å²) < 4.78 is 5.06. The lowest BCUT2D eigenvalue weighted by molar-refractivity contribution is 0.0262. The molecule has 0 radical (unpaired) electrons. The number of aliphatic imine (C=N–C) groups is 1. The van der Waals surface area contributed by atoms with Crippen LogP contribution in [0.4, 0.5) is 0 Å². The molecule has 10 heavy (non-hydrogen) atoms. The first-order valence-corrected chi connectivity index (χ1v) is 3.44. The van der Waals surface area contributed by atoms with Crippen LogP contribution in [0.2, 0.25) is 0 Å². The van der Waals surface area contributed by atoms with Gasteiger partial charge in [0.2, 0.25) is 0 Å². The van der Waals surface area contributed by atoms with Gasteiger partial charge in [-0.15, -0.1) is 0 Å². The van der Waals surface area contributed by atoms with Gasteiger partial charge in [0, 0.05) is 12.3 Å². The predicted octanol–water partition coefficient (Wildman–Crippen LogP) is 0.822. The van der Waals surface area contributed by atoms with E-state index in [1.165, 1.54) is 0 Å². The normalized spacial score (nSPS) is 12.8. The standard InChI is InChI=1S/C7H15NO2/c1-4-10-7(5-9)8-6(2)3/h7,9H,4-5H2,1-3H3. The molecule has 1 N–H and O–H groups in total. The largest absolute Gasteiger partial charge is 0.392 e. The fourth-order valence-electron chi connectivity index (χ4n) is 0.611. The SMILES string of the molecule is CCOC(CO)N=C(C)C. The predicted molar refractivity (Wildman–Crippen MR) is 41.3 cm³/mol. The summed E-state index contributed by atoms with van der Waals surface area (Å²) in [5.41, 5.74) is 0.924. The van der Waals surface area contributed by atoms with Gasteiger partial charge in [0.05, 0.1) is 6.61 Å². The summed E-state index contributed by atoms with van der Waals surface area (Å²) in [6.45, 7) is 6.17. The molecule has 0 fully saturated rings. The Morgan fingerprint density at radius 2 is 2.20 bits per heavy atom. The summed E-state index contributed by atoms with van der Waals surface area (Å²) >= 11 is 0. The molecule has 0 spiro atoms. The van der Waals surface area contributed by atoms with Gasteiger partial charge in [0.25, 0.3) is 0 Å². The molecule has 3 heteroatoms. The molecule has 3 nitrogen and oxygen atoms in total. The van der Waals surface area contributed by atoms with Gasteiger partial charge in [-0.2, -0.15) is 0 Å². The Kier molecular flexibility index (Phi) is 5.16. The number of aliphatic hydroxyl groups excluding tert-OH is 1.